The zero-order valence-electron chi connectivity index (χ0n) is 10.6. The quantitative estimate of drug-likeness (QED) is 0.797. The Bertz CT molecular complexity index is 549. The molecule has 0 atom stereocenters. The third kappa shape index (κ3) is 3.70. The Morgan fingerprint density at radius 1 is 1.05 bits per heavy atom. The molecule has 0 radical (unpaired) electrons. The zero-order valence-corrected chi connectivity index (χ0v) is 12.8. The number of hydrogen-bond donors (Lipinski definition) is 1. The second-order valence-corrected chi connectivity index (χ2v) is 6.06. The molecule has 2 nitrogen and oxygen atoms in total. The fraction of sp³-hybridized carbons (Fsp3) is 0.250. The molecule has 19 heavy (non-hydrogen) atoms. The molecule has 3 rings (SSSR count). The van der Waals surface area contributed by atoms with E-state index < -0.39 is 0 Å². The molecule has 0 aromatic heterocycles. The molecule has 0 amide bonds. The van der Waals surface area contributed by atoms with E-state index in [-0.39, 0.29) is 0 Å². The predicted molar refractivity (Wildman–Crippen MR) is 85.5 cm³/mol. The number of nitrogens with one attached hydrogen (secondary N) is 1. The van der Waals surface area contributed by atoms with E-state index in [1.54, 1.807) is 0 Å². The van der Waals surface area contributed by atoms with Gasteiger partial charge in [-0.3, -0.25) is 0 Å². The van der Waals surface area contributed by atoms with Gasteiger partial charge in [-0.1, -0.05) is 18.2 Å². The molecule has 98 valence electrons. The second kappa shape index (κ2) is 5.92. The maximum Gasteiger partial charge on any atom is 0.131 e. The Labute approximate surface area is 127 Å². The Hall–Kier alpha value is -1.07. The van der Waals surface area contributed by atoms with E-state index in [1.165, 1.54) is 22.0 Å². The Kier molecular flexibility index (Phi) is 4.03. The van der Waals surface area contributed by atoms with Gasteiger partial charge in [0.2, 0.25) is 0 Å². The number of rotatable bonds is 5. The molecule has 0 saturated heterocycles. The van der Waals surface area contributed by atoms with Gasteiger partial charge in [-0.05, 0) is 65.8 Å². The van der Waals surface area contributed by atoms with Gasteiger partial charge >= 0.3 is 0 Å². The summed E-state index contributed by atoms with van der Waals surface area (Å²) in [5.41, 5.74) is 1.22. The summed E-state index contributed by atoms with van der Waals surface area (Å²) in [5, 5.41) is 3.53. The van der Waals surface area contributed by atoms with Gasteiger partial charge in [0.15, 0.2) is 0 Å². The first kappa shape index (κ1) is 12.9. The van der Waals surface area contributed by atoms with Gasteiger partial charge in [-0.2, -0.15) is 0 Å². The van der Waals surface area contributed by atoms with E-state index in [1.807, 2.05) is 24.3 Å². The largest absolute Gasteiger partial charge is 0.457 e. The van der Waals surface area contributed by atoms with Crippen molar-refractivity contribution in [3.8, 4) is 11.5 Å². The first-order chi connectivity index (χ1) is 9.31. The monoisotopic (exact) mass is 365 g/mol. The summed E-state index contributed by atoms with van der Waals surface area (Å²) in [6, 6.07) is 17.1. The highest BCUT2D eigenvalue weighted by Gasteiger charge is 2.20. The normalized spacial score (nSPS) is 14.4. The molecule has 1 aliphatic rings. The molecule has 0 unspecified atom stereocenters. The van der Waals surface area contributed by atoms with Crippen LogP contribution in [0.2, 0.25) is 0 Å². The van der Waals surface area contributed by atoms with E-state index in [4.69, 9.17) is 4.74 Å². The van der Waals surface area contributed by atoms with Crippen molar-refractivity contribution in [2.75, 3.05) is 0 Å². The minimum absolute atomic E-state index is 0.714. The average Bonchev–Trinajstić information content (AvgIpc) is 3.25. The van der Waals surface area contributed by atoms with E-state index in [9.17, 15) is 0 Å². The molecule has 2 aromatic rings. The van der Waals surface area contributed by atoms with Gasteiger partial charge in [-0.15, -0.1) is 0 Å². The van der Waals surface area contributed by atoms with Gasteiger partial charge in [0.05, 0.1) is 0 Å². The van der Waals surface area contributed by atoms with Crippen molar-refractivity contribution in [3.63, 3.8) is 0 Å². The van der Waals surface area contributed by atoms with Crippen molar-refractivity contribution in [2.24, 2.45) is 0 Å². The molecule has 3 heteroatoms. The molecule has 0 bridgehead atoms. The highest BCUT2D eigenvalue weighted by molar-refractivity contribution is 14.1. The lowest BCUT2D eigenvalue weighted by atomic mass is 10.2. The standard InChI is InChI=1S/C16H16INO/c17-13-5-9-15(10-6-13)19-16-4-2-1-3-12(16)11-18-14-7-8-14/h1-6,9-10,14,18H,7-8,11H2. The fourth-order valence-corrected chi connectivity index (χ4v) is 2.28. The van der Waals surface area contributed by atoms with Crippen LogP contribution in [0.5, 0.6) is 11.5 Å². The predicted octanol–water partition coefficient (Wildman–Crippen LogP) is 4.34. The minimum atomic E-state index is 0.714. The lowest BCUT2D eigenvalue weighted by Crippen LogP contribution is -2.15. The van der Waals surface area contributed by atoms with E-state index >= 15 is 0 Å². The number of ether oxygens (including phenoxy) is 1. The zero-order chi connectivity index (χ0) is 13.1. The molecule has 1 N–H and O–H groups in total. The SMILES string of the molecule is Ic1ccc(Oc2ccccc2CNC2CC2)cc1. The molecule has 1 saturated carbocycles. The molecule has 1 fully saturated rings. The topological polar surface area (TPSA) is 21.3 Å². The summed E-state index contributed by atoms with van der Waals surface area (Å²) in [4.78, 5) is 0. The Balaban J connectivity index is 1.73. The summed E-state index contributed by atoms with van der Waals surface area (Å²) < 4.78 is 7.19. The Morgan fingerprint density at radius 3 is 2.53 bits per heavy atom. The van der Waals surface area contributed by atoms with E-state index in [0.29, 0.717) is 6.04 Å². The van der Waals surface area contributed by atoms with Gasteiger partial charge in [0.1, 0.15) is 11.5 Å². The highest BCUT2D eigenvalue weighted by Crippen LogP contribution is 2.27. The first-order valence-electron chi connectivity index (χ1n) is 6.56. The molecule has 0 spiro atoms. The lowest BCUT2D eigenvalue weighted by Gasteiger charge is -2.11. The minimum Gasteiger partial charge on any atom is -0.457 e. The lowest BCUT2D eigenvalue weighted by molar-refractivity contribution is 0.472. The summed E-state index contributed by atoms with van der Waals surface area (Å²) in [6.07, 6.45) is 2.61. The summed E-state index contributed by atoms with van der Waals surface area (Å²) in [6.45, 7) is 0.880. The molecular weight excluding hydrogens is 349 g/mol. The van der Waals surface area contributed by atoms with E-state index in [0.717, 1.165) is 18.0 Å². The second-order valence-electron chi connectivity index (χ2n) is 4.82. The molecular formula is C16H16INO. The number of hydrogen-bond acceptors (Lipinski definition) is 2. The van der Waals surface area contributed by atoms with Crippen LogP contribution in [0.4, 0.5) is 0 Å². The van der Waals surface area contributed by atoms with E-state index in [2.05, 4.69) is 52.2 Å². The average molecular weight is 365 g/mol. The van der Waals surface area contributed by atoms with Crippen molar-refractivity contribution < 1.29 is 4.74 Å². The molecule has 0 aliphatic heterocycles. The van der Waals surface area contributed by atoms with Gasteiger partial charge in [0.25, 0.3) is 0 Å². The number of halogens is 1. The van der Waals surface area contributed by atoms with Gasteiger partial charge in [0, 0.05) is 21.7 Å². The number of benzene rings is 2. The first-order valence-corrected chi connectivity index (χ1v) is 7.64. The third-order valence-corrected chi connectivity index (χ3v) is 3.89. The molecule has 0 heterocycles. The number of para-hydroxylation sites is 1. The van der Waals surface area contributed by atoms with Crippen LogP contribution in [-0.4, -0.2) is 6.04 Å². The maximum absolute atomic E-state index is 5.97. The summed E-state index contributed by atoms with van der Waals surface area (Å²) >= 11 is 2.30. The fourth-order valence-electron chi connectivity index (χ4n) is 1.92. The smallest absolute Gasteiger partial charge is 0.131 e. The van der Waals surface area contributed by atoms with Gasteiger partial charge < -0.3 is 10.1 Å². The van der Waals surface area contributed by atoms with Crippen molar-refractivity contribution in [1.29, 1.82) is 0 Å². The van der Waals surface area contributed by atoms with Crippen LogP contribution in [0, 0.1) is 3.57 Å². The van der Waals surface area contributed by atoms with Crippen LogP contribution in [0.15, 0.2) is 48.5 Å². The van der Waals surface area contributed by atoms with Crippen LogP contribution in [0.25, 0.3) is 0 Å². The van der Waals surface area contributed by atoms with Crippen molar-refractivity contribution in [3.05, 3.63) is 57.7 Å². The van der Waals surface area contributed by atoms with Crippen LogP contribution in [-0.2, 0) is 6.54 Å². The molecule has 2 aromatic carbocycles. The maximum atomic E-state index is 5.97. The van der Waals surface area contributed by atoms with Crippen molar-refractivity contribution in [1.82, 2.24) is 5.32 Å². The highest BCUT2D eigenvalue weighted by atomic mass is 127. The van der Waals surface area contributed by atoms with Crippen molar-refractivity contribution in [2.45, 2.75) is 25.4 Å². The molecule has 1 aliphatic carbocycles. The summed E-state index contributed by atoms with van der Waals surface area (Å²) in [5.74, 6) is 1.83. The van der Waals surface area contributed by atoms with Crippen LogP contribution < -0.4 is 10.1 Å². The van der Waals surface area contributed by atoms with Crippen LogP contribution in [0.3, 0.4) is 0 Å². The van der Waals surface area contributed by atoms with Crippen LogP contribution >= 0.6 is 22.6 Å². The summed E-state index contributed by atoms with van der Waals surface area (Å²) in [7, 11) is 0. The third-order valence-electron chi connectivity index (χ3n) is 3.17. The Morgan fingerprint density at radius 2 is 1.79 bits per heavy atom. The van der Waals surface area contributed by atoms with Gasteiger partial charge in [-0.25, -0.2) is 0 Å². The van der Waals surface area contributed by atoms with Crippen molar-refractivity contribution >= 4 is 22.6 Å². The van der Waals surface area contributed by atoms with Crippen LogP contribution in [0.1, 0.15) is 18.4 Å².